The van der Waals surface area contributed by atoms with E-state index in [1.807, 2.05) is 11.6 Å². The van der Waals surface area contributed by atoms with E-state index in [0.29, 0.717) is 14.5 Å². The molecule has 7 nitrogen and oxygen atoms in total. The van der Waals surface area contributed by atoms with Crippen molar-refractivity contribution in [1.82, 2.24) is 19.0 Å². The lowest BCUT2D eigenvalue weighted by molar-refractivity contribution is 0.103. The number of anilines is 1. The topological polar surface area (TPSA) is 72.2 Å². The van der Waals surface area contributed by atoms with Crippen LogP contribution in [-0.4, -0.2) is 44.9 Å². The molecule has 0 radical (unpaired) electrons. The number of nitrogens with one attached hydrogen (secondary N) is 1. The van der Waals surface area contributed by atoms with Crippen LogP contribution in [0.1, 0.15) is 26.8 Å². The van der Waals surface area contributed by atoms with E-state index in [0.717, 1.165) is 54.8 Å². The van der Waals surface area contributed by atoms with Crippen LogP contribution in [0.4, 0.5) is 18.9 Å². The van der Waals surface area contributed by atoms with Crippen molar-refractivity contribution in [1.29, 1.82) is 0 Å². The molecule has 0 saturated carbocycles. The van der Waals surface area contributed by atoms with Crippen molar-refractivity contribution in [3.05, 3.63) is 67.0 Å². The second kappa shape index (κ2) is 9.43. The lowest BCUT2D eigenvalue weighted by atomic mass is 10.3. The first-order chi connectivity index (χ1) is 15.7. The van der Waals surface area contributed by atoms with E-state index in [9.17, 15) is 22.8 Å². The Labute approximate surface area is 195 Å². The number of nitrogens with zero attached hydrogens (tertiary/aromatic N) is 4. The van der Waals surface area contributed by atoms with Gasteiger partial charge in [0.25, 0.3) is 17.9 Å². The number of pyridine rings is 1. The van der Waals surface area contributed by atoms with E-state index in [-0.39, 0.29) is 10.6 Å². The summed E-state index contributed by atoms with van der Waals surface area (Å²) in [6.45, 7) is 1.40. The third-order valence-corrected chi connectivity index (χ3v) is 6.28. The van der Waals surface area contributed by atoms with Crippen LogP contribution in [-0.2, 0) is 19.6 Å². The van der Waals surface area contributed by atoms with E-state index in [4.69, 9.17) is 11.6 Å². The standard InChI is InChI=1S/C21H17ClF3N5O2S/c1-28-4-5-30-14(8-26-18(30)11-28)3-2-12-6-16(33-19(12)22)20(31)27-13-7-15(23)21(32)29(9-13)10-17(24)25/h6-9,17H,4-5,10-11H2,1H3,(H,27,31). The van der Waals surface area contributed by atoms with Crippen LogP contribution in [0.2, 0.25) is 4.34 Å². The molecule has 0 fully saturated rings. The summed E-state index contributed by atoms with van der Waals surface area (Å²) in [5.74, 6) is 5.01. The Morgan fingerprint density at radius 1 is 1.33 bits per heavy atom. The number of thiophene rings is 1. The van der Waals surface area contributed by atoms with E-state index in [1.165, 1.54) is 6.07 Å². The first kappa shape index (κ1) is 23.1. The highest BCUT2D eigenvalue weighted by atomic mass is 35.5. The van der Waals surface area contributed by atoms with Crippen LogP contribution >= 0.6 is 22.9 Å². The van der Waals surface area contributed by atoms with Gasteiger partial charge in [-0.2, -0.15) is 0 Å². The highest BCUT2D eigenvalue weighted by Crippen LogP contribution is 2.28. The minimum Gasteiger partial charge on any atom is -0.320 e. The van der Waals surface area contributed by atoms with Crippen LogP contribution in [0.25, 0.3) is 0 Å². The molecule has 0 unspecified atom stereocenters. The van der Waals surface area contributed by atoms with Gasteiger partial charge < -0.3 is 14.5 Å². The minimum absolute atomic E-state index is 0.134. The number of alkyl halides is 2. The molecule has 3 aromatic rings. The van der Waals surface area contributed by atoms with Crippen molar-refractivity contribution >= 4 is 34.5 Å². The lowest BCUT2D eigenvalue weighted by Crippen LogP contribution is -2.30. The maximum absolute atomic E-state index is 13.8. The molecule has 1 aliphatic rings. The number of halogens is 4. The average molecular weight is 496 g/mol. The molecule has 4 heterocycles. The Morgan fingerprint density at radius 3 is 2.88 bits per heavy atom. The SMILES string of the molecule is CN1CCn2c(C#Cc3cc(C(=O)Nc4cc(F)c(=O)n(CC(F)F)c4)sc3Cl)cnc2C1. The van der Waals surface area contributed by atoms with Crippen molar-refractivity contribution in [3.63, 3.8) is 0 Å². The van der Waals surface area contributed by atoms with Gasteiger partial charge in [0, 0.05) is 25.4 Å². The fraction of sp³-hybridized carbons (Fsp3) is 0.286. The Balaban J connectivity index is 1.53. The number of fused-ring (bicyclic) bond motifs is 1. The third kappa shape index (κ3) is 5.13. The number of hydrogen-bond donors (Lipinski definition) is 1. The zero-order chi connectivity index (χ0) is 23.7. The highest BCUT2D eigenvalue weighted by Gasteiger charge is 2.18. The van der Waals surface area contributed by atoms with Gasteiger partial charge in [0.2, 0.25) is 0 Å². The molecule has 0 aromatic carbocycles. The first-order valence-electron chi connectivity index (χ1n) is 9.75. The molecule has 0 spiro atoms. The molecule has 4 rings (SSSR count). The quantitative estimate of drug-likeness (QED) is 0.564. The second-order valence-electron chi connectivity index (χ2n) is 7.38. The van der Waals surface area contributed by atoms with Gasteiger partial charge in [0.1, 0.15) is 15.9 Å². The molecule has 0 atom stereocenters. The normalized spacial score (nSPS) is 13.5. The summed E-state index contributed by atoms with van der Waals surface area (Å²) in [6, 6.07) is 2.26. The molecule has 1 N–H and O–H groups in total. The smallest absolute Gasteiger partial charge is 0.286 e. The van der Waals surface area contributed by atoms with Crippen LogP contribution in [0.3, 0.4) is 0 Å². The average Bonchev–Trinajstić information content (AvgIpc) is 3.32. The number of carbonyl (C=O) groups excluding carboxylic acids is 1. The largest absolute Gasteiger partial charge is 0.320 e. The highest BCUT2D eigenvalue weighted by molar-refractivity contribution is 7.18. The fourth-order valence-corrected chi connectivity index (χ4v) is 4.41. The molecule has 0 saturated heterocycles. The van der Waals surface area contributed by atoms with Crippen molar-refractivity contribution in [3.8, 4) is 11.8 Å². The number of aromatic nitrogens is 3. The number of imidazole rings is 1. The van der Waals surface area contributed by atoms with Crippen LogP contribution in [0.15, 0.2) is 29.3 Å². The molecule has 3 aromatic heterocycles. The number of likely N-dealkylation sites (N-methyl/N-ethyl adjacent to an activating group) is 1. The van der Waals surface area contributed by atoms with Crippen molar-refractivity contribution in [2.24, 2.45) is 0 Å². The van der Waals surface area contributed by atoms with Crippen LogP contribution < -0.4 is 10.9 Å². The molecule has 1 amide bonds. The molecule has 12 heteroatoms. The summed E-state index contributed by atoms with van der Waals surface area (Å²) in [7, 11) is 2.02. The third-order valence-electron chi connectivity index (χ3n) is 4.93. The van der Waals surface area contributed by atoms with E-state index in [2.05, 4.69) is 27.0 Å². The predicted molar refractivity (Wildman–Crippen MR) is 118 cm³/mol. The monoisotopic (exact) mass is 495 g/mol. The summed E-state index contributed by atoms with van der Waals surface area (Å²) >= 11 is 7.21. The Morgan fingerprint density at radius 2 is 2.12 bits per heavy atom. The summed E-state index contributed by atoms with van der Waals surface area (Å²) in [6.07, 6.45) is -0.197. The molecule has 33 heavy (non-hydrogen) atoms. The van der Waals surface area contributed by atoms with Gasteiger partial charge in [-0.05, 0) is 19.0 Å². The number of hydrogen-bond acceptors (Lipinski definition) is 5. The number of carbonyl (C=O) groups is 1. The maximum atomic E-state index is 13.8. The predicted octanol–water partition coefficient (Wildman–Crippen LogP) is 3.26. The molecule has 0 bridgehead atoms. The van der Waals surface area contributed by atoms with Gasteiger partial charge in [0.15, 0.2) is 5.82 Å². The molecular formula is C21H17ClF3N5O2S. The van der Waals surface area contributed by atoms with Gasteiger partial charge in [-0.25, -0.2) is 18.2 Å². The lowest BCUT2D eigenvalue weighted by Gasteiger charge is -2.23. The zero-order valence-electron chi connectivity index (χ0n) is 17.2. The van der Waals surface area contributed by atoms with Gasteiger partial charge in [0.05, 0.1) is 35.4 Å². The van der Waals surface area contributed by atoms with Crippen molar-refractivity contribution < 1.29 is 18.0 Å². The molecular weight excluding hydrogens is 479 g/mol. The van der Waals surface area contributed by atoms with Crippen molar-refractivity contribution in [2.75, 3.05) is 18.9 Å². The number of amides is 1. The zero-order valence-corrected chi connectivity index (χ0v) is 18.8. The van der Waals surface area contributed by atoms with Gasteiger partial charge in [-0.3, -0.25) is 14.5 Å². The molecule has 1 aliphatic heterocycles. The first-order valence-corrected chi connectivity index (χ1v) is 10.9. The van der Waals surface area contributed by atoms with Crippen molar-refractivity contribution in [2.45, 2.75) is 26.1 Å². The Kier molecular flexibility index (Phi) is 6.60. The summed E-state index contributed by atoms with van der Waals surface area (Å²) < 4.78 is 41.9. The summed E-state index contributed by atoms with van der Waals surface area (Å²) in [5.41, 5.74) is -0.156. The van der Waals surface area contributed by atoms with Gasteiger partial charge >= 0.3 is 0 Å². The fourth-order valence-electron chi connectivity index (χ4n) is 3.32. The summed E-state index contributed by atoms with van der Waals surface area (Å²) in [5, 5.41) is 2.40. The summed E-state index contributed by atoms with van der Waals surface area (Å²) in [4.78, 5) is 30.9. The molecule has 172 valence electrons. The second-order valence-corrected chi connectivity index (χ2v) is 9.03. The minimum atomic E-state index is -2.85. The Hall–Kier alpha value is -3.07. The van der Waals surface area contributed by atoms with Crippen LogP contribution in [0.5, 0.6) is 0 Å². The Bertz CT molecular complexity index is 1340. The van der Waals surface area contributed by atoms with E-state index in [1.54, 1.807) is 6.20 Å². The molecule has 0 aliphatic carbocycles. The number of rotatable bonds is 4. The van der Waals surface area contributed by atoms with Gasteiger partial charge in [-0.1, -0.05) is 17.5 Å². The van der Waals surface area contributed by atoms with Crippen LogP contribution in [0, 0.1) is 17.7 Å². The van der Waals surface area contributed by atoms with Gasteiger partial charge in [-0.15, -0.1) is 11.3 Å². The van der Waals surface area contributed by atoms with E-state index < -0.39 is 30.3 Å². The van der Waals surface area contributed by atoms with E-state index >= 15 is 0 Å². The maximum Gasteiger partial charge on any atom is 0.286 e.